The molecule has 204 valence electrons. The quantitative estimate of drug-likeness (QED) is 0.119. The maximum absolute atomic E-state index is 11.4. The van der Waals surface area contributed by atoms with E-state index >= 15 is 0 Å². The van der Waals surface area contributed by atoms with Crippen LogP contribution in [0.1, 0.15) is 132 Å². The third-order valence-electron chi connectivity index (χ3n) is 3.39. The minimum Gasteiger partial charge on any atom is -0.786 e. The van der Waals surface area contributed by atoms with Crippen LogP contribution in [0.15, 0.2) is 0 Å². The Balaban J connectivity index is -0.000000165. The molecule has 0 fully saturated rings. The fourth-order valence-electron chi connectivity index (χ4n) is 2.08. The third-order valence-corrected chi connectivity index (χ3v) is 4.18. The summed E-state index contributed by atoms with van der Waals surface area (Å²) in [5.74, 6) is 0. The first-order chi connectivity index (χ1) is 15.0. The van der Waals surface area contributed by atoms with E-state index < -0.39 is 8.60 Å². The second-order valence-corrected chi connectivity index (χ2v) is 9.67. The molecular weight excluding hydrogens is 475 g/mol. The van der Waals surface area contributed by atoms with E-state index in [1.54, 1.807) is 41.5 Å². The SMILES string of the molecule is CC(C)O.CC(C)O.CC(C)O.CCCCCCCCOP([O-])OCCCCCCCC.[Ti]. The van der Waals surface area contributed by atoms with Crippen molar-refractivity contribution in [1.82, 2.24) is 0 Å². The van der Waals surface area contributed by atoms with Crippen molar-refractivity contribution in [2.45, 2.75) is 151 Å². The molecule has 0 amide bonds. The van der Waals surface area contributed by atoms with Crippen LogP contribution in [-0.4, -0.2) is 46.8 Å². The van der Waals surface area contributed by atoms with Gasteiger partial charge >= 0.3 is 0 Å². The molecule has 0 aliphatic carbocycles. The van der Waals surface area contributed by atoms with Gasteiger partial charge < -0.3 is 29.3 Å². The van der Waals surface area contributed by atoms with Gasteiger partial charge in [0.25, 0.3) is 0 Å². The van der Waals surface area contributed by atoms with Gasteiger partial charge in [-0.15, -0.1) is 0 Å². The molecule has 8 heteroatoms. The second kappa shape index (κ2) is 40.1. The standard InChI is InChI=1S/C16H34O3P.3C3H8O.Ti/c1-3-5-7-9-11-13-15-18-20(17)19-16-14-12-10-8-6-4-2;3*1-3(2)4;/h3-16H2,1-2H3;3*3-4H,1-2H3;/q-1;;;;. The summed E-state index contributed by atoms with van der Waals surface area (Å²) in [6.45, 7) is 15.9. The molecule has 0 heterocycles. The topological polar surface area (TPSA) is 102 Å². The van der Waals surface area contributed by atoms with Crippen molar-refractivity contribution in [3.8, 4) is 0 Å². The molecule has 6 nitrogen and oxygen atoms in total. The fourth-order valence-corrected chi connectivity index (χ4v) is 2.71. The molecule has 0 aromatic heterocycles. The molecule has 0 aromatic carbocycles. The molecule has 3 N–H and O–H groups in total. The maximum atomic E-state index is 11.4. The van der Waals surface area contributed by atoms with Crippen molar-refractivity contribution in [2.24, 2.45) is 0 Å². The molecule has 0 unspecified atom stereocenters. The summed E-state index contributed by atoms with van der Waals surface area (Å²) in [6.07, 6.45) is 14.1. The van der Waals surface area contributed by atoms with Gasteiger partial charge in [0.1, 0.15) is 0 Å². The van der Waals surface area contributed by atoms with Gasteiger partial charge in [-0.05, 0) is 54.4 Å². The first-order valence-electron chi connectivity index (χ1n) is 12.8. The van der Waals surface area contributed by atoms with Gasteiger partial charge in [0.15, 0.2) is 0 Å². The first-order valence-corrected chi connectivity index (χ1v) is 13.9. The number of rotatable bonds is 16. The molecule has 0 aliphatic rings. The van der Waals surface area contributed by atoms with Gasteiger partial charge in [0.05, 0.1) is 21.8 Å². The molecule has 0 atom stereocenters. The molecule has 0 spiro atoms. The summed E-state index contributed by atoms with van der Waals surface area (Å²) in [6, 6.07) is 0. The molecule has 0 bridgehead atoms. The molecule has 0 aliphatic heterocycles. The largest absolute Gasteiger partial charge is 0.786 e. The zero-order chi connectivity index (χ0) is 25.6. The maximum Gasteiger partial charge on any atom is 0.0828 e. The number of hydrogen-bond acceptors (Lipinski definition) is 6. The number of hydrogen-bond donors (Lipinski definition) is 3. The van der Waals surface area contributed by atoms with Crippen LogP contribution in [0.4, 0.5) is 0 Å². The van der Waals surface area contributed by atoms with Crippen molar-refractivity contribution in [3.63, 3.8) is 0 Å². The Bertz CT molecular complexity index is 258. The minimum absolute atomic E-state index is 0. The van der Waals surface area contributed by atoms with Crippen LogP contribution in [0, 0.1) is 0 Å². The normalized spacial score (nSPS) is 10.2. The minimum atomic E-state index is -1.89. The smallest absolute Gasteiger partial charge is 0.0828 e. The van der Waals surface area contributed by atoms with E-state index in [0.29, 0.717) is 13.2 Å². The Morgan fingerprint density at radius 1 is 0.545 bits per heavy atom. The predicted molar refractivity (Wildman–Crippen MR) is 138 cm³/mol. The third kappa shape index (κ3) is 87.9. The second-order valence-electron chi connectivity index (χ2n) is 8.71. The van der Waals surface area contributed by atoms with Crippen LogP contribution < -0.4 is 4.89 Å². The number of aliphatic hydroxyl groups is 3. The van der Waals surface area contributed by atoms with Crippen LogP contribution in [0.5, 0.6) is 0 Å². The van der Waals surface area contributed by atoms with Crippen LogP contribution in [0.2, 0.25) is 0 Å². The summed E-state index contributed by atoms with van der Waals surface area (Å²) in [7, 11) is -1.89. The summed E-state index contributed by atoms with van der Waals surface area (Å²) >= 11 is 0. The van der Waals surface area contributed by atoms with Crippen molar-refractivity contribution in [2.75, 3.05) is 13.2 Å². The fraction of sp³-hybridized carbons (Fsp3) is 1.00. The van der Waals surface area contributed by atoms with Gasteiger partial charge in [0.2, 0.25) is 0 Å². The Morgan fingerprint density at radius 3 is 1.00 bits per heavy atom. The summed E-state index contributed by atoms with van der Waals surface area (Å²) in [5.41, 5.74) is 0. The number of aliphatic hydroxyl groups excluding tert-OH is 3. The van der Waals surface area contributed by atoms with E-state index in [4.69, 9.17) is 24.4 Å². The van der Waals surface area contributed by atoms with Crippen LogP contribution in [0.25, 0.3) is 0 Å². The molecular formula is C25H58O6PTi-. The van der Waals surface area contributed by atoms with Crippen molar-refractivity contribution in [1.29, 1.82) is 0 Å². The van der Waals surface area contributed by atoms with Crippen LogP contribution in [0.3, 0.4) is 0 Å². The van der Waals surface area contributed by atoms with Crippen LogP contribution >= 0.6 is 8.60 Å². The van der Waals surface area contributed by atoms with Crippen LogP contribution in [-0.2, 0) is 30.8 Å². The Kier molecular flexibility index (Phi) is 53.4. The number of unbranched alkanes of at least 4 members (excludes halogenated alkanes) is 10. The molecule has 0 rings (SSSR count). The molecule has 0 saturated heterocycles. The van der Waals surface area contributed by atoms with Crippen molar-refractivity contribution >= 4 is 8.60 Å². The van der Waals surface area contributed by atoms with E-state index in [9.17, 15) is 4.89 Å². The summed E-state index contributed by atoms with van der Waals surface area (Å²) < 4.78 is 10.4. The Labute approximate surface area is 223 Å². The van der Waals surface area contributed by atoms with Gasteiger partial charge in [-0.2, -0.15) is 0 Å². The Hall–Kier alpha value is 0.904. The van der Waals surface area contributed by atoms with Crippen molar-refractivity contribution < 1.29 is 51.0 Å². The molecule has 0 radical (unpaired) electrons. The van der Waals surface area contributed by atoms with Gasteiger partial charge in [-0.25, -0.2) is 0 Å². The van der Waals surface area contributed by atoms with E-state index in [-0.39, 0.29) is 40.0 Å². The average Bonchev–Trinajstić information content (AvgIpc) is 2.65. The molecule has 0 aromatic rings. The van der Waals surface area contributed by atoms with E-state index in [1.807, 2.05) is 0 Å². The first kappa shape index (κ1) is 43.9. The predicted octanol–water partition coefficient (Wildman–Crippen LogP) is 6.49. The molecule has 33 heavy (non-hydrogen) atoms. The van der Waals surface area contributed by atoms with Gasteiger partial charge in [-0.1, -0.05) is 78.1 Å². The summed E-state index contributed by atoms with van der Waals surface area (Å²) in [5, 5.41) is 24.2. The van der Waals surface area contributed by atoms with Gasteiger partial charge in [0, 0.05) is 40.0 Å². The molecule has 0 saturated carbocycles. The Morgan fingerprint density at radius 2 is 0.758 bits per heavy atom. The zero-order valence-electron chi connectivity index (χ0n) is 23.1. The van der Waals surface area contributed by atoms with Crippen molar-refractivity contribution in [3.05, 3.63) is 0 Å². The summed E-state index contributed by atoms with van der Waals surface area (Å²) in [4.78, 5) is 11.4. The van der Waals surface area contributed by atoms with E-state index in [0.717, 1.165) is 12.8 Å². The van der Waals surface area contributed by atoms with Gasteiger partial charge in [-0.3, -0.25) is 0 Å². The van der Waals surface area contributed by atoms with E-state index in [2.05, 4.69) is 13.8 Å². The average molecular weight is 534 g/mol. The zero-order valence-corrected chi connectivity index (χ0v) is 25.6. The van der Waals surface area contributed by atoms with E-state index in [1.165, 1.54) is 64.2 Å². The monoisotopic (exact) mass is 533 g/mol.